The van der Waals surface area contributed by atoms with E-state index in [-0.39, 0.29) is 11.5 Å². The number of carbonyl (C=O) groups is 1. The monoisotopic (exact) mass is 309 g/mol. The highest BCUT2D eigenvalue weighted by Gasteiger charge is 2.33. The quantitative estimate of drug-likeness (QED) is 0.754. The highest BCUT2D eigenvalue weighted by atomic mass is 16.5. The molecule has 0 atom stereocenters. The molecule has 0 saturated heterocycles. The first-order chi connectivity index (χ1) is 11.2. The summed E-state index contributed by atoms with van der Waals surface area (Å²) in [7, 11) is 1.37. The van der Waals surface area contributed by atoms with E-state index in [9.17, 15) is 9.59 Å². The number of fused-ring (bicyclic) bond motifs is 1. The van der Waals surface area contributed by atoms with Crippen molar-refractivity contribution < 1.29 is 9.53 Å². The van der Waals surface area contributed by atoms with Gasteiger partial charge in [0.2, 0.25) is 5.56 Å². The minimum absolute atomic E-state index is 0.146. The first-order valence-corrected chi connectivity index (χ1v) is 7.47. The minimum atomic E-state index is -0.369. The number of methoxy groups -OCH3 is 1. The van der Waals surface area contributed by atoms with Crippen molar-refractivity contribution in [2.45, 2.75) is 18.8 Å². The average Bonchev–Trinajstić information content (AvgIpc) is 3.31. The fourth-order valence-electron chi connectivity index (χ4n) is 2.92. The van der Waals surface area contributed by atoms with Crippen LogP contribution in [-0.2, 0) is 4.74 Å². The van der Waals surface area contributed by atoms with Gasteiger partial charge in [0.1, 0.15) is 5.56 Å². The van der Waals surface area contributed by atoms with Crippen LogP contribution in [0.25, 0.3) is 16.6 Å². The van der Waals surface area contributed by atoms with Crippen LogP contribution < -0.4 is 5.56 Å². The molecule has 6 nitrogen and oxygen atoms in total. The van der Waals surface area contributed by atoms with E-state index in [1.807, 2.05) is 18.2 Å². The van der Waals surface area contributed by atoms with Gasteiger partial charge in [0, 0.05) is 17.4 Å². The summed E-state index contributed by atoms with van der Waals surface area (Å²) in [6, 6.07) is 8.92. The van der Waals surface area contributed by atoms with Gasteiger partial charge in [-0.05, 0) is 31.0 Å². The van der Waals surface area contributed by atoms with Gasteiger partial charge in [-0.1, -0.05) is 6.07 Å². The van der Waals surface area contributed by atoms with Gasteiger partial charge in [-0.15, -0.1) is 0 Å². The molecule has 1 fully saturated rings. The predicted molar refractivity (Wildman–Crippen MR) is 85.0 cm³/mol. The number of hydrogen-bond donors (Lipinski definition) is 1. The van der Waals surface area contributed by atoms with Crippen LogP contribution in [0, 0.1) is 0 Å². The summed E-state index contributed by atoms with van der Waals surface area (Å²) in [5.41, 5.74) is 2.84. The lowest BCUT2D eigenvalue weighted by Gasteiger charge is -2.11. The molecule has 0 spiro atoms. The van der Waals surface area contributed by atoms with E-state index >= 15 is 0 Å². The Hall–Kier alpha value is -2.89. The highest BCUT2D eigenvalue weighted by Crippen LogP contribution is 2.43. The number of aromatic amines is 1. The predicted octanol–water partition coefficient (Wildman–Crippen LogP) is 2.38. The summed E-state index contributed by atoms with van der Waals surface area (Å²) in [6.45, 7) is 0. The lowest BCUT2D eigenvalue weighted by Crippen LogP contribution is -2.09. The molecule has 6 heteroatoms. The summed E-state index contributed by atoms with van der Waals surface area (Å²) >= 11 is 0. The largest absolute Gasteiger partial charge is 0.465 e. The van der Waals surface area contributed by atoms with Crippen molar-refractivity contribution in [3.8, 4) is 5.69 Å². The van der Waals surface area contributed by atoms with E-state index in [1.165, 1.54) is 13.2 Å². The maximum Gasteiger partial charge on any atom is 0.341 e. The molecule has 0 bridgehead atoms. The Morgan fingerprint density at radius 2 is 2.13 bits per heavy atom. The number of nitrogens with one attached hydrogen (secondary N) is 1. The molecule has 0 amide bonds. The van der Waals surface area contributed by atoms with Crippen LogP contribution in [0.4, 0.5) is 0 Å². The molecule has 2 aromatic heterocycles. The molecule has 2 heterocycles. The molecule has 1 N–H and O–H groups in total. The molecule has 4 rings (SSSR count). The van der Waals surface area contributed by atoms with Gasteiger partial charge in [0.15, 0.2) is 0 Å². The van der Waals surface area contributed by atoms with Gasteiger partial charge < -0.3 is 9.72 Å². The molecular weight excluding hydrogens is 294 g/mol. The van der Waals surface area contributed by atoms with Crippen molar-refractivity contribution in [1.82, 2.24) is 14.8 Å². The van der Waals surface area contributed by atoms with E-state index in [0.29, 0.717) is 11.5 Å². The number of esters is 1. The number of pyridine rings is 1. The van der Waals surface area contributed by atoms with E-state index in [1.54, 1.807) is 16.9 Å². The van der Waals surface area contributed by atoms with Gasteiger partial charge in [0.25, 0.3) is 0 Å². The number of rotatable bonds is 3. The molecule has 1 aliphatic carbocycles. The molecule has 1 saturated carbocycles. The lowest BCUT2D eigenvalue weighted by atomic mass is 10.1. The topological polar surface area (TPSA) is 77.0 Å². The van der Waals surface area contributed by atoms with Crippen LogP contribution in [0.5, 0.6) is 0 Å². The molecule has 1 aliphatic rings. The Morgan fingerprint density at radius 1 is 1.30 bits per heavy atom. The van der Waals surface area contributed by atoms with Crippen molar-refractivity contribution in [2.24, 2.45) is 0 Å². The first-order valence-electron chi connectivity index (χ1n) is 7.47. The van der Waals surface area contributed by atoms with Crippen molar-refractivity contribution in [3.63, 3.8) is 0 Å². The maximum atomic E-state index is 12.0. The second-order valence-electron chi connectivity index (χ2n) is 5.68. The number of carbonyl (C=O) groups excluding carboxylic acids is 1. The van der Waals surface area contributed by atoms with Gasteiger partial charge >= 0.3 is 5.97 Å². The van der Waals surface area contributed by atoms with Gasteiger partial charge in [-0.25, -0.2) is 9.48 Å². The lowest BCUT2D eigenvalue weighted by molar-refractivity contribution is 0.0599. The molecule has 1 aromatic carbocycles. The fraction of sp³-hybridized carbons (Fsp3) is 0.235. The second kappa shape index (κ2) is 5.08. The van der Waals surface area contributed by atoms with Crippen molar-refractivity contribution in [3.05, 3.63) is 58.1 Å². The SMILES string of the molecule is COC(=O)c1cnn(-c2cccc3[nH]c(=O)ccc23)c1C1CC1. The van der Waals surface area contributed by atoms with Crippen LogP contribution in [0.1, 0.15) is 34.8 Å². The number of aromatic nitrogens is 3. The minimum Gasteiger partial charge on any atom is -0.465 e. The number of ether oxygens (including phenoxy) is 1. The zero-order chi connectivity index (χ0) is 16.0. The second-order valence-corrected chi connectivity index (χ2v) is 5.68. The number of benzene rings is 1. The number of nitrogens with zero attached hydrogens (tertiary/aromatic N) is 2. The van der Waals surface area contributed by atoms with E-state index in [2.05, 4.69) is 10.1 Å². The molecule has 23 heavy (non-hydrogen) atoms. The van der Waals surface area contributed by atoms with Crippen molar-refractivity contribution in [1.29, 1.82) is 0 Å². The molecule has 0 unspecified atom stereocenters. The Balaban J connectivity index is 1.97. The zero-order valence-corrected chi connectivity index (χ0v) is 12.6. The molecule has 3 aromatic rings. The van der Waals surface area contributed by atoms with Crippen molar-refractivity contribution >= 4 is 16.9 Å². The Bertz CT molecular complexity index is 967. The van der Waals surface area contributed by atoms with E-state index in [4.69, 9.17) is 4.74 Å². The molecule has 0 aliphatic heterocycles. The molecular formula is C17H15N3O3. The summed E-state index contributed by atoms with van der Waals surface area (Å²) in [6.07, 6.45) is 3.64. The smallest absolute Gasteiger partial charge is 0.341 e. The highest BCUT2D eigenvalue weighted by molar-refractivity contribution is 5.92. The Morgan fingerprint density at radius 3 is 2.87 bits per heavy atom. The Labute approximate surface area is 131 Å². The number of hydrogen-bond acceptors (Lipinski definition) is 4. The van der Waals surface area contributed by atoms with Gasteiger partial charge in [0.05, 0.1) is 30.2 Å². The standard InChI is InChI=1S/C17H15N3O3/c1-23-17(22)12-9-18-20(16(12)10-5-6-10)14-4-2-3-13-11(14)7-8-15(21)19-13/h2-4,7-10H,5-6H2,1H3,(H,19,21). The number of H-pyrrole nitrogens is 1. The molecule has 116 valence electrons. The van der Waals surface area contributed by atoms with Crippen LogP contribution in [-0.4, -0.2) is 27.8 Å². The van der Waals surface area contributed by atoms with E-state index < -0.39 is 0 Å². The summed E-state index contributed by atoms with van der Waals surface area (Å²) < 4.78 is 6.66. The average molecular weight is 309 g/mol. The van der Waals surface area contributed by atoms with E-state index in [0.717, 1.165) is 35.1 Å². The summed E-state index contributed by atoms with van der Waals surface area (Å²) in [5.74, 6) is -0.0450. The third-order valence-corrected chi connectivity index (χ3v) is 4.15. The third kappa shape index (κ3) is 2.23. The third-order valence-electron chi connectivity index (χ3n) is 4.15. The zero-order valence-electron chi connectivity index (χ0n) is 12.6. The summed E-state index contributed by atoms with van der Waals surface area (Å²) in [5, 5.41) is 5.30. The Kier molecular flexibility index (Phi) is 3.04. The van der Waals surface area contributed by atoms with Crippen LogP contribution in [0.15, 0.2) is 41.3 Å². The maximum absolute atomic E-state index is 12.0. The van der Waals surface area contributed by atoms with Crippen molar-refractivity contribution in [2.75, 3.05) is 7.11 Å². The van der Waals surface area contributed by atoms with Gasteiger partial charge in [-0.2, -0.15) is 5.10 Å². The normalized spacial score (nSPS) is 14.1. The summed E-state index contributed by atoms with van der Waals surface area (Å²) in [4.78, 5) is 26.3. The van der Waals surface area contributed by atoms with Crippen LogP contribution in [0.3, 0.4) is 0 Å². The van der Waals surface area contributed by atoms with Gasteiger partial charge in [-0.3, -0.25) is 4.79 Å². The van der Waals surface area contributed by atoms with Crippen LogP contribution in [0.2, 0.25) is 0 Å². The first kappa shape index (κ1) is 13.8. The molecule has 0 radical (unpaired) electrons. The fourth-order valence-corrected chi connectivity index (χ4v) is 2.92. The van der Waals surface area contributed by atoms with Crippen LogP contribution >= 0.6 is 0 Å².